The molecule has 1 heterocycles. The number of halogens is 7. The summed E-state index contributed by atoms with van der Waals surface area (Å²) in [5.41, 5.74) is 5.77. The third-order valence-corrected chi connectivity index (χ3v) is 6.37. The quantitative estimate of drug-likeness (QED) is 0.312. The number of aliphatic hydroxyl groups is 1. The van der Waals surface area contributed by atoms with Crippen molar-refractivity contribution in [2.75, 3.05) is 5.32 Å². The Balaban J connectivity index is 2.04. The summed E-state index contributed by atoms with van der Waals surface area (Å²) >= 11 is 0. The first-order valence-electron chi connectivity index (χ1n) is 12.2. The highest BCUT2D eigenvalue weighted by molar-refractivity contribution is 6.20. The van der Waals surface area contributed by atoms with Crippen LogP contribution in [-0.2, 0) is 21.0 Å². The minimum absolute atomic E-state index is 0.0474. The Hall–Kier alpha value is -4.01. The summed E-state index contributed by atoms with van der Waals surface area (Å²) < 4.78 is 91.7. The van der Waals surface area contributed by atoms with Crippen LogP contribution >= 0.6 is 0 Å². The molecule has 15 heteroatoms. The zero-order valence-corrected chi connectivity index (χ0v) is 21.2. The third-order valence-electron chi connectivity index (χ3n) is 6.37. The number of benzene rings is 2. The molecular weight excluding hydrogens is 565 g/mol. The van der Waals surface area contributed by atoms with Crippen molar-refractivity contribution in [1.29, 1.82) is 0 Å². The number of rotatable bonds is 10. The van der Waals surface area contributed by atoms with E-state index in [0.29, 0.717) is 0 Å². The van der Waals surface area contributed by atoms with Gasteiger partial charge in [0.1, 0.15) is 5.82 Å². The number of aliphatic hydroxyl groups excluding tert-OH is 1. The predicted molar refractivity (Wildman–Crippen MR) is 132 cm³/mol. The minimum atomic E-state index is -4.82. The number of anilines is 1. The van der Waals surface area contributed by atoms with Gasteiger partial charge in [-0.1, -0.05) is 30.3 Å². The van der Waals surface area contributed by atoms with Gasteiger partial charge in [-0.3, -0.25) is 14.4 Å². The Morgan fingerprint density at radius 2 is 1.61 bits per heavy atom. The Bertz CT molecular complexity index is 1330. The van der Waals surface area contributed by atoms with Crippen LogP contribution in [0.25, 0.3) is 0 Å². The highest BCUT2D eigenvalue weighted by atomic mass is 19.4. The molecule has 3 amide bonds. The average molecular weight is 590 g/mol. The lowest BCUT2D eigenvalue weighted by atomic mass is 9.83. The normalized spacial score (nSPS) is 17.0. The van der Waals surface area contributed by atoms with E-state index in [1.165, 1.54) is 30.3 Å². The summed E-state index contributed by atoms with van der Waals surface area (Å²) in [7, 11) is 0. The van der Waals surface area contributed by atoms with Gasteiger partial charge in [0.25, 0.3) is 5.91 Å². The van der Waals surface area contributed by atoms with Gasteiger partial charge in [-0.25, -0.2) is 9.38 Å². The molecule has 0 spiro atoms. The fraction of sp³-hybridized carbons (Fsp3) is 0.385. The molecule has 0 radical (unpaired) electrons. The number of amides is 3. The van der Waals surface area contributed by atoms with E-state index >= 15 is 0 Å². The molecule has 222 valence electrons. The van der Waals surface area contributed by atoms with E-state index in [4.69, 9.17) is 5.73 Å². The number of nitrogens with zero attached hydrogens (tertiary/aromatic N) is 1. The molecule has 3 rings (SSSR count). The molecule has 1 unspecified atom stereocenters. The van der Waals surface area contributed by atoms with E-state index in [1.807, 2.05) is 0 Å². The van der Waals surface area contributed by atoms with Crippen molar-refractivity contribution >= 4 is 29.1 Å². The smallest absolute Gasteiger partial charge is 0.389 e. The highest BCUT2D eigenvalue weighted by Gasteiger charge is 2.40. The maximum atomic E-state index is 14.1. The summed E-state index contributed by atoms with van der Waals surface area (Å²) in [6, 6.07) is 9.41. The number of benzodiazepines with no additional fused rings is 1. The molecule has 2 aromatic rings. The molecule has 0 aliphatic carbocycles. The van der Waals surface area contributed by atoms with Crippen LogP contribution in [0.15, 0.2) is 47.5 Å². The van der Waals surface area contributed by atoms with Crippen LogP contribution in [-0.4, -0.2) is 47.1 Å². The van der Waals surface area contributed by atoms with Gasteiger partial charge in [0.2, 0.25) is 18.0 Å². The van der Waals surface area contributed by atoms with Crippen LogP contribution in [0.1, 0.15) is 42.4 Å². The first kappa shape index (κ1) is 31.5. The number of carbonyl (C=O) groups excluding carboxylic acids is 3. The molecule has 0 saturated heterocycles. The summed E-state index contributed by atoms with van der Waals surface area (Å²) in [6.07, 6.45) is -16.9. The van der Waals surface area contributed by atoms with Gasteiger partial charge in [-0.05, 0) is 25.0 Å². The van der Waals surface area contributed by atoms with E-state index in [1.54, 1.807) is 0 Å². The second-order valence-corrected chi connectivity index (χ2v) is 9.31. The molecule has 0 aromatic heterocycles. The van der Waals surface area contributed by atoms with Crippen LogP contribution in [0, 0.1) is 17.7 Å². The Morgan fingerprint density at radius 3 is 2.17 bits per heavy atom. The van der Waals surface area contributed by atoms with Crippen LogP contribution < -0.4 is 16.4 Å². The summed E-state index contributed by atoms with van der Waals surface area (Å²) in [4.78, 5) is 42.6. The van der Waals surface area contributed by atoms with E-state index in [0.717, 1.165) is 12.1 Å². The molecular formula is C26H25F7N4O4. The molecule has 3 atom stereocenters. The van der Waals surface area contributed by atoms with Gasteiger partial charge < -0.3 is 21.5 Å². The fourth-order valence-corrected chi connectivity index (χ4v) is 4.43. The Labute approximate surface area is 228 Å². The highest BCUT2D eigenvalue weighted by Crippen LogP contribution is 2.33. The van der Waals surface area contributed by atoms with Gasteiger partial charge in [-0.15, -0.1) is 0 Å². The van der Waals surface area contributed by atoms with Crippen LogP contribution in [0.3, 0.4) is 0 Å². The number of fused-ring (bicyclic) bond motifs is 1. The number of carbonyl (C=O) groups is 3. The maximum absolute atomic E-state index is 14.1. The van der Waals surface area contributed by atoms with Crippen molar-refractivity contribution in [3.63, 3.8) is 0 Å². The zero-order valence-electron chi connectivity index (χ0n) is 21.2. The van der Waals surface area contributed by atoms with Crippen molar-refractivity contribution < 1.29 is 50.2 Å². The molecule has 0 saturated carbocycles. The molecule has 5 N–H and O–H groups in total. The number of primary amides is 1. The molecule has 8 nitrogen and oxygen atoms in total. The molecule has 41 heavy (non-hydrogen) atoms. The number of aliphatic imine (C=N–C) groups is 1. The SMILES string of the molecule is NC(=O)[C@@H](CCC(F)(F)F)[C@@H](CCC(F)(F)F)C(=O)NC1N=C(c2cccc(F)c2)c2cccc(CO)c2NC1=O. The van der Waals surface area contributed by atoms with E-state index in [9.17, 15) is 50.2 Å². The lowest BCUT2D eigenvalue weighted by Gasteiger charge is -2.26. The van der Waals surface area contributed by atoms with Crippen molar-refractivity contribution in [2.45, 2.75) is 50.8 Å². The molecule has 0 bridgehead atoms. The number of hydrogen-bond acceptors (Lipinski definition) is 5. The number of hydrogen-bond donors (Lipinski definition) is 4. The van der Waals surface area contributed by atoms with E-state index in [-0.39, 0.29) is 28.1 Å². The topological polar surface area (TPSA) is 134 Å². The van der Waals surface area contributed by atoms with Gasteiger partial charge >= 0.3 is 12.4 Å². The second kappa shape index (κ2) is 12.7. The number of para-hydroxylation sites is 1. The van der Waals surface area contributed by atoms with E-state index < -0.39 is 86.2 Å². The van der Waals surface area contributed by atoms with Crippen molar-refractivity contribution in [2.24, 2.45) is 22.6 Å². The summed E-state index contributed by atoms with van der Waals surface area (Å²) in [6.45, 7) is -0.546. The monoisotopic (exact) mass is 590 g/mol. The Morgan fingerprint density at radius 1 is 1.00 bits per heavy atom. The number of nitrogens with one attached hydrogen (secondary N) is 2. The molecule has 2 aromatic carbocycles. The largest absolute Gasteiger partial charge is 0.392 e. The molecule has 1 aliphatic heterocycles. The lowest BCUT2D eigenvalue weighted by Crippen LogP contribution is -2.48. The van der Waals surface area contributed by atoms with E-state index in [2.05, 4.69) is 15.6 Å². The second-order valence-electron chi connectivity index (χ2n) is 9.31. The standard InChI is InChI=1S/C26H25F7N4O4/c27-15-5-1-3-13(11-15)19-18-6-2-4-14(12-38)20(18)36-24(41)22(35-19)37-23(40)17(8-10-26(31,32)33)16(21(34)39)7-9-25(28,29)30/h1-6,11,16-17,22,38H,7-10,12H2,(H2,34,39)(H,36,41)(H,37,40)/t16-,17+,22?/m0/s1. The van der Waals surface area contributed by atoms with Gasteiger partial charge in [0, 0.05) is 41.4 Å². The number of alkyl halides is 6. The maximum Gasteiger partial charge on any atom is 0.389 e. The average Bonchev–Trinajstić information content (AvgIpc) is 3.00. The van der Waals surface area contributed by atoms with Crippen molar-refractivity contribution in [3.8, 4) is 0 Å². The van der Waals surface area contributed by atoms with Crippen LogP contribution in [0.2, 0.25) is 0 Å². The third kappa shape index (κ3) is 8.49. The zero-order chi connectivity index (χ0) is 30.5. The summed E-state index contributed by atoms with van der Waals surface area (Å²) in [5.74, 6) is -8.43. The lowest BCUT2D eigenvalue weighted by molar-refractivity contribution is -0.152. The summed E-state index contributed by atoms with van der Waals surface area (Å²) in [5, 5.41) is 14.3. The first-order chi connectivity index (χ1) is 19.1. The van der Waals surface area contributed by atoms with Crippen LogP contribution in [0.5, 0.6) is 0 Å². The molecule has 0 fully saturated rings. The van der Waals surface area contributed by atoms with Gasteiger partial charge in [0.05, 0.1) is 18.0 Å². The first-order valence-corrected chi connectivity index (χ1v) is 12.2. The molecule has 1 aliphatic rings. The van der Waals surface area contributed by atoms with Crippen molar-refractivity contribution in [3.05, 3.63) is 65.0 Å². The van der Waals surface area contributed by atoms with Gasteiger partial charge in [-0.2, -0.15) is 26.3 Å². The fourth-order valence-electron chi connectivity index (χ4n) is 4.43. The van der Waals surface area contributed by atoms with Crippen molar-refractivity contribution in [1.82, 2.24) is 5.32 Å². The number of nitrogens with two attached hydrogens (primary N) is 1. The Kier molecular flexibility index (Phi) is 9.73. The van der Waals surface area contributed by atoms with Crippen LogP contribution in [0.4, 0.5) is 36.4 Å². The minimum Gasteiger partial charge on any atom is -0.392 e. The predicted octanol–water partition coefficient (Wildman–Crippen LogP) is 3.95. The van der Waals surface area contributed by atoms with Gasteiger partial charge in [0.15, 0.2) is 0 Å².